The lowest BCUT2D eigenvalue weighted by Crippen LogP contribution is -2.50. The number of nitrogens with two attached hydrogens (primary N) is 1. The van der Waals surface area contributed by atoms with Crippen LogP contribution in [0, 0.1) is 0 Å². The fourth-order valence-electron chi connectivity index (χ4n) is 0.898. The Morgan fingerprint density at radius 2 is 2.14 bits per heavy atom. The van der Waals surface area contributed by atoms with Crippen LogP contribution in [-0.2, 0) is 4.79 Å². The minimum absolute atomic E-state index is 0.434. The largest absolute Gasteiger partial charge is 0.338 e. The Hall–Kier alpha value is -0.790. The number of carbonyl (C=O) groups excluding carboxylic acids is 1. The number of hydrogen-bond donors (Lipinski definition) is 3. The molecule has 0 fully saturated rings. The molecule has 0 heterocycles. The second kappa shape index (κ2) is 5.84. The van der Waals surface area contributed by atoms with Crippen LogP contribution in [0.4, 0.5) is 8.78 Å². The average Bonchev–Trinajstić information content (AvgIpc) is 2.12. The molecule has 0 aliphatic rings. The Labute approximate surface area is 81.6 Å². The minimum Gasteiger partial charge on any atom is -0.318 e. The maximum atomic E-state index is 12.9. The van der Waals surface area contributed by atoms with Gasteiger partial charge in [0.1, 0.15) is 0 Å². The fourth-order valence-corrected chi connectivity index (χ4v) is 0.898. The van der Waals surface area contributed by atoms with E-state index < -0.39 is 18.4 Å². The highest BCUT2D eigenvalue weighted by atomic mass is 19.3. The summed E-state index contributed by atoms with van der Waals surface area (Å²) in [5.74, 6) is -0.288. The van der Waals surface area contributed by atoms with Crippen LogP contribution in [0.2, 0.25) is 0 Å². The molecule has 0 unspecified atom stereocenters. The van der Waals surface area contributed by atoms with Gasteiger partial charge >= 0.3 is 11.8 Å². The van der Waals surface area contributed by atoms with Crippen molar-refractivity contribution in [3.63, 3.8) is 0 Å². The number of alkyl halides is 2. The Kier molecular flexibility index (Phi) is 5.51. The summed E-state index contributed by atoms with van der Waals surface area (Å²) in [5.41, 5.74) is 1.44. The highest BCUT2D eigenvalue weighted by Gasteiger charge is 2.39. The van der Waals surface area contributed by atoms with E-state index >= 15 is 0 Å². The number of carbonyl (C=O) groups is 1. The quantitative estimate of drug-likeness (QED) is 0.291. The molecule has 84 valence electrons. The predicted molar refractivity (Wildman–Crippen MR) is 48.7 cm³/mol. The standard InChI is InChI=1S/C7H16F2N4O/c1-11-3-4-13(2)5-7(8,9)6(14)12-10/h11H,3-5,10H2,1-2H3,(H,12,14). The molecule has 0 saturated carbocycles. The van der Waals surface area contributed by atoms with Gasteiger partial charge in [0, 0.05) is 13.1 Å². The molecule has 0 aromatic rings. The van der Waals surface area contributed by atoms with E-state index in [-0.39, 0.29) is 0 Å². The highest BCUT2D eigenvalue weighted by Crippen LogP contribution is 2.13. The lowest BCUT2D eigenvalue weighted by atomic mass is 10.3. The summed E-state index contributed by atoms with van der Waals surface area (Å²) in [6.07, 6.45) is 0. The van der Waals surface area contributed by atoms with Gasteiger partial charge in [-0.05, 0) is 14.1 Å². The molecule has 4 N–H and O–H groups in total. The van der Waals surface area contributed by atoms with Crippen LogP contribution in [0.15, 0.2) is 0 Å². The molecule has 0 spiro atoms. The number of hydrazine groups is 1. The maximum absolute atomic E-state index is 12.9. The molecule has 7 heteroatoms. The first-order valence-corrected chi connectivity index (χ1v) is 4.16. The molecule has 0 aromatic heterocycles. The van der Waals surface area contributed by atoms with Crippen molar-refractivity contribution >= 4 is 5.91 Å². The molecule has 0 aromatic carbocycles. The fraction of sp³-hybridized carbons (Fsp3) is 0.857. The number of amides is 1. The van der Waals surface area contributed by atoms with Crippen LogP contribution in [0.3, 0.4) is 0 Å². The van der Waals surface area contributed by atoms with Crippen LogP contribution >= 0.6 is 0 Å². The van der Waals surface area contributed by atoms with E-state index in [4.69, 9.17) is 0 Å². The Morgan fingerprint density at radius 1 is 1.57 bits per heavy atom. The first kappa shape index (κ1) is 13.2. The molecule has 14 heavy (non-hydrogen) atoms. The van der Waals surface area contributed by atoms with E-state index in [1.807, 2.05) is 0 Å². The average molecular weight is 210 g/mol. The predicted octanol–water partition coefficient (Wildman–Crippen LogP) is -1.24. The molecule has 0 bridgehead atoms. The first-order chi connectivity index (χ1) is 6.44. The van der Waals surface area contributed by atoms with Crippen LogP contribution < -0.4 is 16.6 Å². The van der Waals surface area contributed by atoms with Crippen molar-refractivity contribution in [2.75, 3.05) is 33.7 Å². The number of hydrogen-bond acceptors (Lipinski definition) is 4. The van der Waals surface area contributed by atoms with E-state index in [9.17, 15) is 13.6 Å². The summed E-state index contributed by atoms with van der Waals surface area (Å²) in [7, 11) is 3.23. The summed E-state index contributed by atoms with van der Waals surface area (Å²) in [6.45, 7) is 0.373. The summed E-state index contributed by atoms with van der Waals surface area (Å²) in [6, 6.07) is 0. The molecule has 0 rings (SSSR count). The van der Waals surface area contributed by atoms with Crippen LogP contribution in [0.5, 0.6) is 0 Å². The van der Waals surface area contributed by atoms with Crippen molar-refractivity contribution in [2.24, 2.45) is 5.84 Å². The van der Waals surface area contributed by atoms with Gasteiger partial charge in [-0.1, -0.05) is 0 Å². The van der Waals surface area contributed by atoms with Crippen LogP contribution in [-0.4, -0.2) is 50.5 Å². The lowest BCUT2D eigenvalue weighted by Gasteiger charge is -2.22. The maximum Gasteiger partial charge on any atom is 0.338 e. The van der Waals surface area contributed by atoms with Gasteiger partial charge in [-0.25, -0.2) is 5.84 Å². The topological polar surface area (TPSA) is 70.4 Å². The van der Waals surface area contributed by atoms with Gasteiger partial charge in [0.2, 0.25) is 0 Å². The zero-order valence-corrected chi connectivity index (χ0v) is 8.31. The van der Waals surface area contributed by atoms with E-state index in [2.05, 4.69) is 11.2 Å². The van der Waals surface area contributed by atoms with E-state index in [0.29, 0.717) is 13.1 Å². The summed E-state index contributed by atoms with van der Waals surface area (Å²) in [5, 5.41) is 2.82. The Bertz CT molecular complexity index is 189. The van der Waals surface area contributed by atoms with Crippen molar-refractivity contribution in [2.45, 2.75) is 5.92 Å². The molecule has 0 radical (unpaired) electrons. The van der Waals surface area contributed by atoms with Gasteiger partial charge in [0.25, 0.3) is 0 Å². The molecule has 5 nitrogen and oxygen atoms in total. The van der Waals surface area contributed by atoms with Crippen LogP contribution in [0.1, 0.15) is 0 Å². The Balaban J connectivity index is 4.01. The van der Waals surface area contributed by atoms with Crippen LogP contribution in [0.25, 0.3) is 0 Å². The van der Waals surface area contributed by atoms with Crippen molar-refractivity contribution in [3.05, 3.63) is 0 Å². The number of halogens is 2. The lowest BCUT2D eigenvalue weighted by molar-refractivity contribution is -0.147. The van der Waals surface area contributed by atoms with E-state index in [1.54, 1.807) is 7.05 Å². The monoisotopic (exact) mass is 210 g/mol. The number of likely N-dealkylation sites (N-methyl/N-ethyl adjacent to an activating group) is 2. The summed E-state index contributed by atoms with van der Waals surface area (Å²) >= 11 is 0. The van der Waals surface area contributed by atoms with Gasteiger partial charge in [0.05, 0.1) is 6.54 Å². The second-order valence-electron chi connectivity index (χ2n) is 3.02. The zero-order chi connectivity index (χ0) is 11.2. The smallest absolute Gasteiger partial charge is 0.318 e. The van der Waals surface area contributed by atoms with Gasteiger partial charge in [0.15, 0.2) is 0 Å². The summed E-state index contributed by atoms with van der Waals surface area (Å²) < 4.78 is 25.9. The number of nitrogens with zero attached hydrogens (tertiary/aromatic N) is 1. The van der Waals surface area contributed by atoms with Gasteiger partial charge in [-0.2, -0.15) is 8.78 Å². The molecular weight excluding hydrogens is 194 g/mol. The van der Waals surface area contributed by atoms with Crippen molar-refractivity contribution in [1.29, 1.82) is 0 Å². The number of rotatable bonds is 6. The third-order valence-corrected chi connectivity index (χ3v) is 1.68. The van der Waals surface area contributed by atoms with Gasteiger partial charge in [-0.15, -0.1) is 0 Å². The first-order valence-electron chi connectivity index (χ1n) is 4.16. The third-order valence-electron chi connectivity index (χ3n) is 1.68. The minimum atomic E-state index is -3.45. The van der Waals surface area contributed by atoms with Crippen molar-refractivity contribution in [3.8, 4) is 0 Å². The second-order valence-corrected chi connectivity index (χ2v) is 3.02. The SMILES string of the molecule is CNCCN(C)CC(F)(F)C(=O)NN. The molecule has 1 amide bonds. The zero-order valence-electron chi connectivity index (χ0n) is 8.31. The molecule has 0 aliphatic carbocycles. The highest BCUT2D eigenvalue weighted by molar-refractivity contribution is 5.82. The van der Waals surface area contributed by atoms with E-state index in [1.165, 1.54) is 17.4 Å². The molecule has 0 saturated heterocycles. The number of nitrogens with one attached hydrogen (secondary N) is 2. The third kappa shape index (κ3) is 4.45. The van der Waals surface area contributed by atoms with Crippen molar-refractivity contribution in [1.82, 2.24) is 15.6 Å². The van der Waals surface area contributed by atoms with Gasteiger partial charge in [-0.3, -0.25) is 15.1 Å². The van der Waals surface area contributed by atoms with Gasteiger partial charge < -0.3 is 5.32 Å². The Morgan fingerprint density at radius 3 is 2.57 bits per heavy atom. The summed E-state index contributed by atoms with van der Waals surface area (Å²) in [4.78, 5) is 12.0. The molecule has 0 aliphatic heterocycles. The van der Waals surface area contributed by atoms with Crippen molar-refractivity contribution < 1.29 is 13.6 Å². The van der Waals surface area contributed by atoms with E-state index in [0.717, 1.165) is 0 Å². The normalized spacial score (nSPS) is 11.9. The molecule has 0 atom stereocenters. The molecular formula is C7H16F2N4O.